The van der Waals surface area contributed by atoms with E-state index in [1.165, 1.54) is 38.4 Å². The van der Waals surface area contributed by atoms with Crippen molar-refractivity contribution in [2.75, 3.05) is 59.9 Å². The summed E-state index contributed by atoms with van der Waals surface area (Å²) < 4.78 is 2.06. The van der Waals surface area contributed by atoms with Gasteiger partial charge in [-0.15, -0.1) is 24.0 Å². The summed E-state index contributed by atoms with van der Waals surface area (Å²) in [6, 6.07) is 2.00. The van der Waals surface area contributed by atoms with Crippen molar-refractivity contribution < 1.29 is 0 Å². The quantitative estimate of drug-likeness (QED) is 0.348. The van der Waals surface area contributed by atoms with Crippen LogP contribution in [0.2, 0.25) is 5.02 Å². The molecule has 0 bridgehead atoms. The first kappa shape index (κ1) is 24.5. The van der Waals surface area contributed by atoms with Gasteiger partial charge in [-0.25, -0.2) is 0 Å². The van der Waals surface area contributed by atoms with Gasteiger partial charge in [0, 0.05) is 72.3 Å². The van der Waals surface area contributed by atoms with Crippen molar-refractivity contribution in [3.8, 4) is 0 Å². The van der Waals surface area contributed by atoms with Crippen LogP contribution >= 0.6 is 35.6 Å². The molecule has 1 aliphatic rings. The van der Waals surface area contributed by atoms with Gasteiger partial charge in [0.1, 0.15) is 0 Å². The molecule has 1 fully saturated rings. The highest BCUT2D eigenvalue weighted by molar-refractivity contribution is 14.0. The zero-order valence-corrected chi connectivity index (χ0v) is 20.5. The molecular formula is C19H36ClIN6. The van der Waals surface area contributed by atoms with E-state index < -0.39 is 0 Å². The van der Waals surface area contributed by atoms with Crippen molar-refractivity contribution in [1.29, 1.82) is 0 Å². The van der Waals surface area contributed by atoms with Crippen LogP contribution in [0, 0.1) is 5.92 Å². The van der Waals surface area contributed by atoms with E-state index in [0.29, 0.717) is 5.92 Å². The minimum Gasteiger partial charge on any atom is -0.356 e. The summed E-state index contributed by atoms with van der Waals surface area (Å²) >= 11 is 6.08. The monoisotopic (exact) mass is 510 g/mol. The second-order valence-electron chi connectivity index (χ2n) is 7.38. The fourth-order valence-corrected chi connectivity index (χ4v) is 3.76. The Morgan fingerprint density at radius 2 is 1.93 bits per heavy atom. The fraction of sp³-hybridized carbons (Fsp3) is 0.737. The maximum atomic E-state index is 6.08. The Morgan fingerprint density at radius 1 is 1.30 bits per heavy atom. The first-order valence-electron chi connectivity index (χ1n) is 9.60. The standard InChI is InChI=1S/C19H35ClN6.HI/c1-6-25-7-9-26(10-8-25)13-16(2)12-22-19(21-3)24(5)15-18-11-17(20)14-23(18)4;/h11,14,16H,6-10,12-13,15H2,1-5H3,(H,21,22);1H. The Hall–Kier alpha value is -0.510. The summed E-state index contributed by atoms with van der Waals surface area (Å²) in [7, 11) is 5.92. The molecule has 1 aromatic heterocycles. The maximum Gasteiger partial charge on any atom is 0.193 e. The molecule has 1 unspecified atom stereocenters. The van der Waals surface area contributed by atoms with Gasteiger partial charge in [0.2, 0.25) is 0 Å². The predicted octanol–water partition coefficient (Wildman–Crippen LogP) is 2.58. The Labute approximate surface area is 186 Å². The summed E-state index contributed by atoms with van der Waals surface area (Å²) in [5.41, 5.74) is 1.17. The molecule has 1 aromatic rings. The molecule has 0 aromatic carbocycles. The molecular weight excluding hydrogens is 475 g/mol. The number of nitrogens with one attached hydrogen (secondary N) is 1. The number of aryl methyl sites for hydroxylation is 1. The number of hydrogen-bond acceptors (Lipinski definition) is 3. The second-order valence-corrected chi connectivity index (χ2v) is 7.82. The third-order valence-electron chi connectivity index (χ3n) is 5.14. The van der Waals surface area contributed by atoms with Crippen molar-refractivity contribution in [2.45, 2.75) is 20.4 Å². The number of nitrogens with zero attached hydrogens (tertiary/aromatic N) is 5. The van der Waals surface area contributed by atoms with Crippen molar-refractivity contribution in [3.63, 3.8) is 0 Å². The topological polar surface area (TPSA) is 39.0 Å². The molecule has 0 radical (unpaired) electrons. The largest absolute Gasteiger partial charge is 0.356 e. The molecule has 0 spiro atoms. The number of aliphatic imine (C=N–C) groups is 1. The van der Waals surface area contributed by atoms with Crippen LogP contribution in [0.25, 0.3) is 0 Å². The van der Waals surface area contributed by atoms with Gasteiger partial charge in [0.15, 0.2) is 5.96 Å². The summed E-state index contributed by atoms with van der Waals surface area (Å²) in [6.45, 7) is 13.3. The van der Waals surface area contributed by atoms with E-state index in [1.807, 2.05) is 26.4 Å². The highest BCUT2D eigenvalue weighted by atomic mass is 127. The second kappa shape index (κ2) is 12.1. The molecule has 27 heavy (non-hydrogen) atoms. The summed E-state index contributed by atoms with van der Waals surface area (Å²) in [6.07, 6.45) is 1.93. The number of guanidine groups is 1. The minimum atomic E-state index is 0. The fourth-order valence-electron chi connectivity index (χ4n) is 3.48. The Balaban J connectivity index is 0.00000364. The van der Waals surface area contributed by atoms with Crippen LogP contribution in [0.1, 0.15) is 19.5 Å². The van der Waals surface area contributed by atoms with Crippen LogP contribution in [0.4, 0.5) is 0 Å². The van der Waals surface area contributed by atoms with Gasteiger partial charge in [-0.1, -0.05) is 25.4 Å². The van der Waals surface area contributed by atoms with Crippen LogP contribution in [-0.2, 0) is 13.6 Å². The maximum absolute atomic E-state index is 6.08. The zero-order valence-electron chi connectivity index (χ0n) is 17.4. The third-order valence-corrected chi connectivity index (χ3v) is 5.34. The van der Waals surface area contributed by atoms with E-state index in [0.717, 1.165) is 30.6 Å². The van der Waals surface area contributed by atoms with E-state index >= 15 is 0 Å². The van der Waals surface area contributed by atoms with Gasteiger partial charge in [-0.2, -0.15) is 0 Å². The number of hydrogen-bond donors (Lipinski definition) is 1. The van der Waals surface area contributed by atoms with Crippen molar-refractivity contribution in [2.24, 2.45) is 18.0 Å². The van der Waals surface area contributed by atoms with Crippen LogP contribution in [-0.4, -0.2) is 85.1 Å². The molecule has 156 valence electrons. The number of halogens is 2. The first-order valence-corrected chi connectivity index (χ1v) is 9.98. The normalized spacial score (nSPS) is 17.5. The molecule has 0 saturated carbocycles. The number of likely N-dealkylation sites (N-methyl/N-ethyl adjacent to an activating group) is 1. The Morgan fingerprint density at radius 3 is 2.44 bits per heavy atom. The molecule has 1 atom stereocenters. The smallest absolute Gasteiger partial charge is 0.193 e. The van der Waals surface area contributed by atoms with Crippen LogP contribution in [0.3, 0.4) is 0 Å². The molecule has 1 N–H and O–H groups in total. The van der Waals surface area contributed by atoms with Crippen molar-refractivity contribution >= 4 is 41.5 Å². The van der Waals surface area contributed by atoms with Crippen molar-refractivity contribution in [3.05, 3.63) is 23.0 Å². The first-order chi connectivity index (χ1) is 12.4. The molecule has 8 heteroatoms. The van der Waals surface area contributed by atoms with Gasteiger partial charge < -0.3 is 24.6 Å². The predicted molar refractivity (Wildman–Crippen MR) is 126 cm³/mol. The molecule has 1 aliphatic heterocycles. The molecule has 2 rings (SSSR count). The molecule has 0 aliphatic carbocycles. The van der Waals surface area contributed by atoms with Gasteiger partial charge in [-0.05, 0) is 18.5 Å². The van der Waals surface area contributed by atoms with Gasteiger partial charge >= 0.3 is 0 Å². The van der Waals surface area contributed by atoms with Gasteiger partial charge in [-0.3, -0.25) is 4.99 Å². The number of piperazine rings is 1. The van der Waals surface area contributed by atoms with E-state index in [-0.39, 0.29) is 24.0 Å². The summed E-state index contributed by atoms with van der Waals surface area (Å²) in [4.78, 5) is 11.7. The lowest BCUT2D eigenvalue weighted by atomic mass is 10.1. The average Bonchev–Trinajstić information content (AvgIpc) is 2.93. The lowest BCUT2D eigenvalue weighted by molar-refractivity contribution is 0.124. The molecule has 1 saturated heterocycles. The summed E-state index contributed by atoms with van der Waals surface area (Å²) in [5.74, 6) is 1.50. The SMILES string of the molecule is CCN1CCN(CC(C)CNC(=NC)N(C)Cc2cc(Cl)cn2C)CC1.I. The molecule has 2 heterocycles. The van der Waals surface area contributed by atoms with E-state index in [9.17, 15) is 0 Å². The van der Waals surface area contributed by atoms with Gasteiger partial charge in [0.05, 0.1) is 11.6 Å². The lowest BCUT2D eigenvalue weighted by Crippen LogP contribution is -2.48. The van der Waals surface area contributed by atoms with E-state index in [4.69, 9.17) is 11.6 Å². The molecule has 0 amide bonds. The Kier molecular flexibility index (Phi) is 11.0. The highest BCUT2D eigenvalue weighted by Crippen LogP contribution is 2.14. The summed E-state index contributed by atoms with van der Waals surface area (Å²) in [5, 5.41) is 4.30. The Bertz CT molecular complexity index is 583. The third kappa shape index (κ3) is 7.79. The minimum absolute atomic E-state index is 0. The van der Waals surface area contributed by atoms with Gasteiger partial charge in [0.25, 0.3) is 0 Å². The van der Waals surface area contributed by atoms with Crippen LogP contribution in [0.15, 0.2) is 17.3 Å². The van der Waals surface area contributed by atoms with Crippen LogP contribution < -0.4 is 5.32 Å². The van der Waals surface area contributed by atoms with Crippen LogP contribution in [0.5, 0.6) is 0 Å². The van der Waals surface area contributed by atoms with E-state index in [2.05, 4.69) is 50.5 Å². The zero-order chi connectivity index (χ0) is 19.1. The average molecular weight is 511 g/mol. The van der Waals surface area contributed by atoms with Crippen molar-refractivity contribution in [1.82, 2.24) is 24.6 Å². The van der Waals surface area contributed by atoms with E-state index in [1.54, 1.807) is 0 Å². The highest BCUT2D eigenvalue weighted by Gasteiger charge is 2.18. The number of aromatic nitrogens is 1. The molecule has 6 nitrogen and oxygen atoms in total. The lowest BCUT2D eigenvalue weighted by Gasteiger charge is -2.35. The number of rotatable bonds is 7.